The summed E-state index contributed by atoms with van der Waals surface area (Å²) in [5.41, 5.74) is -0.359. The Labute approximate surface area is 123 Å². The van der Waals surface area contributed by atoms with Crippen LogP contribution in [-0.4, -0.2) is 17.8 Å². The quantitative estimate of drug-likeness (QED) is 0.485. The Morgan fingerprint density at radius 1 is 1.14 bits per heavy atom. The first-order chi connectivity index (χ1) is 9.86. The maximum Gasteiger partial charge on any atom is 0.316 e. The van der Waals surface area contributed by atoms with Crippen molar-refractivity contribution < 1.29 is 19.1 Å². The number of anilines is 1. The molecule has 0 aliphatic carbocycles. The van der Waals surface area contributed by atoms with Gasteiger partial charge in [-0.3, -0.25) is 14.4 Å². The van der Waals surface area contributed by atoms with Crippen LogP contribution in [0.2, 0.25) is 0 Å². The highest BCUT2D eigenvalue weighted by molar-refractivity contribution is 6.28. The lowest BCUT2D eigenvalue weighted by Crippen LogP contribution is -2.32. The summed E-state index contributed by atoms with van der Waals surface area (Å²) >= 11 is 0. The number of amides is 2. The van der Waals surface area contributed by atoms with Gasteiger partial charge < -0.3 is 4.74 Å². The largest absolute Gasteiger partial charge is 0.424 e. The molecule has 5 nitrogen and oxygen atoms in total. The van der Waals surface area contributed by atoms with Crippen LogP contribution in [0.25, 0.3) is 0 Å². The van der Waals surface area contributed by atoms with Crippen molar-refractivity contribution in [3.63, 3.8) is 0 Å². The summed E-state index contributed by atoms with van der Waals surface area (Å²) in [5, 5.41) is 0. The zero-order chi connectivity index (χ0) is 15.6. The van der Waals surface area contributed by atoms with Crippen LogP contribution in [0.4, 0.5) is 5.69 Å². The number of carbonyl (C=O) groups is 3. The van der Waals surface area contributed by atoms with Crippen LogP contribution >= 0.6 is 0 Å². The van der Waals surface area contributed by atoms with E-state index in [9.17, 15) is 14.4 Å². The molecule has 0 atom stereocenters. The van der Waals surface area contributed by atoms with Gasteiger partial charge in [-0.1, -0.05) is 19.1 Å². The van der Waals surface area contributed by atoms with Crippen LogP contribution in [0.5, 0.6) is 5.75 Å². The molecule has 0 unspecified atom stereocenters. The van der Waals surface area contributed by atoms with Gasteiger partial charge in [0.1, 0.15) is 0 Å². The van der Waals surface area contributed by atoms with Gasteiger partial charge in [0.05, 0.1) is 11.1 Å². The monoisotopic (exact) mass is 287 g/mol. The molecule has 1 aromatic rings. The van der Waals surface area contributed by atoms with Crippen molar-refractivity contribution in [3.8, 4) is 5.75 Å². The molecule has 1 aliphatic rings. The van der Waals surface area contributed by atoms with E-state index >= 15 is 0 Å². The van der Waals surface area contributed by atoms with Crippen molar-refractivity contribution in [2.24, 2.45) is 5.41 Å². The first-order valence-corrected chi connectivity index (χ1v) is 6.74. The standard InChI is InChI=1S/C16H17NO4/c1-4-16(2,3)15(20)21-12-8-6-5-7-11(12)17-13(18)9-10-14(17)19/h5-10H,4H2,1-3H3. The molecular formula is C16H17NO4. The first kappa shape index (κ1) is 15.0. The van der Waals surface area contributed by atoms with Crippen molar-refractivity contribution in [1.82, 2.24) is 0 Å². The SMILES string of the molecule is CCC(C)(C)C(=O)Oc1ccccc1N1C(=O)C=CC1=O. The van der Waals surface area contributed by atoms with Crippen molar-refractivity contribution in [3.05, 3.63) is 36.4 Å². The third-order valence-electron chi connectivity index (χ3n) is 3.55. The van der Waals surface area contributed by atoms with Crippen LogP contribution in [0.3, 0.4) is 0 Å². The van der Waals surface area contributed by atoms with Crippen molar-refractivity contribution >= 4 is 23.5 Å². The van der Waals surface area contributed by atoms with Crippen molar-refractivity contribution in [1.29, 1.82) is 0 Å². The lowest BCUT2D eigenvalue weighted by Gasteiger charge is -2.23. The maximum absolute atomic E-state index is 12.2. The predicted molar refractivity (Wildman–Crippen MR) is 77.8 cm³/mol. The molecule has 21 heavy (non-hydrogen) atoms. The molecule has 5 heteroatoms. The molecule has 0 N–H and O–H groups in total. The second-order valence-corrected chi connectivity index (χ2v) is 5.44. The topological polar surface area (TPSA) is 63.7 Å². The third-order valence-corrected chi connectivity index (χ3v) is 3.55. The summed E-state index contributed by atoms with van der Waals surface area (Å²) in [5.74, 6) is -1.09. The van der Waals surface area contributed by atoms with Crippen LogP contribution in [0.15, 0.2) is 36.4 Å². The molecule has 1 aromatic carbocycles. The summed E-state index contributed by atoms with van der Waals surface area (Å²) in [6.07, 6.45) is 3.00. The van der Waals surface area contributed by atoms with E-state index in [-0.39, 0.29) is 11.4 Å². The Balaban J connectivity index is 2.32. The summed E-state index contributed by atoms with van der Waals surface area (Å²) < 4.78 is 5.40. The number of para-hydroxylation sites is 2. The zero-order valence-corrected chi connectivity index (χ0v) is 12.3. The zero-order valence-electron chi connectivity index (χ0n) is 12.3. The van der Waals surface area contributed by atoms with Gasteiger partial charge in [0.25, 0.3) is 11.8 Å². The lowest BCUT2D eigenvalue weighted by atomic mass is 9.91. The summed E-state index contributed by atoms with van der Waals surface area (Å²) in [6, 6.07) is 6.50. The number of imide groups is 1. The van der Waals surface area contributed by atoms with Gasteiger partial charge >= 0.3 is 5.97 Å². The number of rotatable bonds is 4. The van der Waals surface area contributed by atoms with E-state index < -0.39 is 23.2 Å². The maximum atomic E-state index is 12.2. The first-order valence-electron chi connectivity index (χ1n) is 6.74. The van der Waals surface area contributed by atoms with E-state index in [2.05, 4.69) is 0 Å². The molecule has 0 bridgehead atoms. The number of ether oxygens (including phenoxy) is 1. The van der Waals surface area contributed by atoms with Crippen LogP contribution in [-0.2, 0) is 14.4 Å². The van der Waals surface area contributed by atoms with E-state index in [0.717, 1.165) is 4.90 Å². The Kier molecular flexibility index (Phi) is 3.93. The van der Waals surface area contributed by atoms with Gasteiger partial charge in [-0.05, 0) is 32.4 Å². The highest BCUT2D eigenvalue weighted by Crippen LogP contribution is 2.32. The van der Waals surface area contributed by atoms with Gasteiger partial charge in [-0.15, -0.1) is 0 Å². The van der Waals surface area contributed by atoms with Crippen LogP contribution in [0, 0.1) is 5.41 Å². The Morgan fingerprint density at radius 3 is 2.29 bits per heavy atom. The number of nitrogens with zero attached hydrogens (tertiary/aromatic N) is 1. The Bertz CT molecular complexity index is 613. The second kappa shape index (κ2) is 5.52. The third kappa shape index (κ3) is 2.86. The van der Waals surface area contributed by atoms with Gasteiger partial charge in [-0.2, -0.15) is 0 Å². The van der Waals surface area contributed by atoms with E-state index in [1.54, 1.807) is 38.1 Å². The average Bonchev–Trinajstić information content (AvgIpc) is 2.79. The highest BCUT2D eigenvalue weighted by atomic mass is 16.5. The molecule has 2 amide bonds. The minimum absolute atomic E-state index is 0.203. The van der Waals surface area contributed by atoms with E-state index in [1.807, 2.05) is 6.92 Å². The van der Waals surface area contributed by atoms with Gasteiger partial charge in [0.15, 0.2) is 5.75 Å². The van der Waals surface area contributed by atoms with E-state index in [0.29, 0.717) is 6.42 Å². The average molecular weight is 287 g/mol. The molecule has 1 aliphatic heterocycles. The van der Waals surface area contributed by atoms with Crippen molar-refractivity contribution in [2.45, 2.75) is 27.2 Å². The van der Waals surface area contributed by atoms with Gasteiger partial charge in [0, 0.05) is 12.2 Å². The second-order valence-electron chi connectivity index (χ2n) is 5.44. The molecular weight excluding hydrogens is 270 g/mol. The number of hydrogen-bond donors (Lipinski definition) is 0. The molecule has 2 rings (SSSR count). The predicted octanol–water partition coefficient (Wildman–Crippen LogP) is 2.46. The van der Waals surface area contributed by atoms with Crippen molar-refractivity contribution in [2.75, 3.05) is 4.90 Å². The molecule has 0 saturated heterocycles. The molecule has 0 saturated carbocycles. The Morgan fingerprint density at radius 2 is 1.71 bits per heavy atom. The fraction of sp³-hybridized carbons (Fsp3) is 0.312. The molecule has 0 aromatic heterocycles. The summed E-state index contributed by atoms with van der Waals surface area (Å²) in [4.78, 5) is 36.7. The van der Waals surface area contributed by atoms with E-state index in [4.69, 9.17) is 4.74 Å². The Hall–Kier alpha value is -2.43. The molecule has 1 heterocycles. The lowest BCUT2D eigenvalue weighted by molar-refractivity contribution is -0.144. The summed E-state index contributed by atoms with van der Waals surface area (Å²) in [7, 11) is 0. The van der Waals surface area contributed by atoms with Gasteiger partial charge in [-0.25, -0.2) is 4.90 Å². The normalized spacial score (nSPS) is 14.7. The van der Waals surface area contributed by atoms with E-state index in [1.165, 1.54) is 12.2 Å². The smallest absolute Gasteiger partial charge is 0.316 e. The minimum atomic E-state index is -0.635. The van der Waals surface area contributed by atoms with Crippen LogP contribution < -0.4 is 9.64 Å². The summed E-state index contributed by atoms with van der Waals surface area (Å²) in [6.45, 7) is 5.46. The number of esters is 1. The number of benzene rings is 1. The molecule has 110 valence electrons. The van der Waals surface area contributed by atoms with Crippen LogP contribution in [0.1, 0.15) is 27.2 Å². The minimum Gasteiger partial charge on any atom is -0.424 e. The molecule has 0 radical (unpaired) electrons. The molecule has 0 fully saturated rings. The number of carbonyl (C=O) groups excluding carboxylic acids is 3. The van der Waals surface area contributed by atoms with Gasteiger partial charge in [0.2, 0.25) is 0 Å². The molecule has 0 spiro atoms. The fourth-order valence-corrected chi connectivity index (χ4v) is 1.75. The number of hydrogen-bond acceptors (Lipinski definition) is 4. The fourth-order valence-electron chi connectivity index (χ4n) is 1.75. The highest BCUT2D eigenvalue weighted by Gasteiger charge is 2.31.